The van der Waals surface area contributed by atoms with Gasteiger partial charge in [-0.3, -0.25) is 9.78 Å². The number of hydrogen-bond donors (Lipinski definition) is 0. The lowest BCUT2D eigenvalue weighted by Crippen LogP contribution is -2.28. The van der Waals surface area contributed by atoms with Crippen molar-refractivity contribution in [3.05, 3.63) is 66.0 Å². The lowest BCUT2D eigenvalue weighted by molar-refractivity contribution is -0.148. The van der Waals surface area contributed by atoms with Crippen LogP contribution in [0.1, 0.15) is 64.5 Å². The second-order valence-corrected chi connectivity index (χ2v) is 8.91. The predicted octanol–water partition coefficient (Wildman–Crippen LogP) is 5.82. The van der Waals surface area contributed by atoms with Crippen molar-refractivity contribution in [2.45, 2.75) is 71.0 Å². The van der Waals surface area contributed by atoms with Crippen LogP contribution in [0, 0.1) is 5.92 Å². The number of hydrogen-bond acceptors (Lipinski definition) is 5. The Labute approximate surface area is 198 Å². The fraction of sp³-hybridized carbons (Fsp3) is 0.519. The number of esters is 1. The number of carbonyl (C=O) groups is 2. The Morgan fingerprint density at radius 2 is 2.03 bits per heavy atom. The highest BCUT2D eigenvalue weighted by molar-refractivity contribution is 5.70. The zero-order valence-corrected chi connectivity index (χ0v) is 20.6. The summed E-state index contributed by atoms with van der Waals surface area (Å²) in [5.41, 5.74) is 1.97. The van der Waals surface area contributed by atoms with Crippen LogP contribution in [0.2, 0.25) is 0 Å². The molecule has 1 aromatic heterocycles. The molecule has 33 heavy (non-hydrogen) atoms. The van der Waals surface area contributed by atoms with Crippen LogP contribution in [0.25, 0.3) is 0 Å². The zero-order chi connectivity index (χ0) is 24.2. The van der Waals surface area contributed by atoms with Crippen LogP contribution in [-0.4, -0.2) is 48.2 Å². The van der Waals surface area contributed by atoms with Crippen LogP contribution in [0.3, 0.4) is 0 Å². The smallest absolute Gasteiger partial charge is 0.409 e. The van der Waals surface area contributed by atoms with Crippen molar-refractivity contribution in [3.63, 3.8) is 0 Å². The number of carbonyl (C=O) groups excluding carboxylic acids is 2. The summed E-state index contributed by atoms with van der Waals surface area (Å²) in [6.45, 7) is 6.09. The molecule has 0 aromatic carbocycles. The third-order valence-corrected chi connectivity index (χ3v) is 5.71. The van der Waals surface area contributed by atoms with Crippen molar-refractivity contribution < 1.29 is 19.1 Å². The topological polar surface area (TPSA) is 68.7 Å². The molecule has 0 bridgehead atoms. The minimum absolute atomic E-state index is 0.0631. The fourth-order valence-corrected chi connectivity index (χ4v) is 3.65. The van der Waals surface area contributed by atoms with Gasteiger partial charge in [0, 0.05) is 44.2 Å². The number of ether oxygens (including phenoxy) is 2. The SMILES string of the molecule is C/C(=C\C=C\[C@@H](C)c1ccccn1)[C@H]1OC(=O)CCCCC[C@@H](OC(=O)N(C)C)/C=C/[C@@H]1C. The molecule has 0 unspecified atom stereocenters. The largest absolute Gasteiger partial charge is 0.457 e. The van der Waals surface area contributed by atoms with E-state index >= 15 is 0 Å². The molecule has 180 valence electrons. The third kappa shape index (κ3) is 9.24. The molecule has 0 aliphatic carbocycles. The number of allylic oxidation sites excluding steroid dienone is 3. The van der Waals surface area contributed by atoms with E-state index in [0.717, 1.165) is 37.0 Å². The normalized spacial score (nSPS) is 24.8. The first-order valence-electron chi connectivity index (χ1n) is 11.8. The standard InChI is InChI=1S/C27H38N2O4/c1-20(24-15-9-10-19-28-24)12-11-13-21(2)26-22(3)17-18-23(32-27(31)29(4)5)14-7-6-8-16-25(30)33-26/h9-13,15,17-20,22-23,26H,6-8,14,16H2,1-5H3/b12-11+,18-17+,21-13+/t20-,22+,23-,26-/m1/s1. The van der Waals surface area contributed by atoms with Gasteiger partial charge in [-0.25, -0.2) is 4.79 Å². The van der Waals surface area contributed by atoms with Crippen molar-refractivity contribution in [1.29, 1.82) is 0 Å². The highest BCUT2D eigenvalue weighted by Crippen LogP contribution is 2.22. The Morgan fingerprint density at radius 1 is 1.24 bits per heavy atom. The number of pyridine rings is 1. The Balaban J connectivity index is 2.16. The molecule has 6 nitrogen and oxygen atoms in total. The highest BCUT2D eigenvalue weighted by atomic mass is 16.6. The van der Waals surface area contributed by atoms with Gasteiger partial charge in [-0.2, -0.15) is 0 Å². The Bertz CT molecular complexity index is 845. The minimum Gasteiger partial charge on any atom is -0.457 e. The molecule has 4 atom stereocenters. The van der Waals surface area contributed by atoms with Crippen molar-refractivity contribution >= 4 is 12.1 Å². The fourth-order valence-electron chi connectivity index (χ4n) is 3.65. The summed E-state index contributed by atoms with van der Waals surface area (Å²) in [7, 11) is 3.35. The molecule has 1 amide bonds. The first-order chi connectivity index (χ1) is 15.8. The Morgan fingerprint density at radius 3 is 2.73 bits per heavy atom. The lowest BCUT2D eigenvalue weighted by Gasteiger charge is -2.24. The molecule has 0 fully saturated rings. The first kappa shape index (κ1) is 26.4. The van der Waals surface area contributed by atoms with Gasteiger partial charge in [-0.15, -0.1) is 0 Å². The van der Waals surface area contributed by atoms with E-state index in [9.17, 15) is 9.59 Å². The average Bonchev–Trinajstić information content (AvgIpc) is 2.79. The molecule has 0 spiro atoms. The lowest BCUT2D eigenvalue weighted by atomic mass is 9.95. The molecule has 1 aromatic rings. The maximum absolute atomic E-state index is 12.4. The monoisotopic (exact) mass is 454 g/mol. The van der Waals surface area contributed by atoms with Gasteiger partial charge < -0.3 is 14.4 Å². The van der Waals surface area contributed by atoms with Crippen molar-refractivity contribution in [2.75, 3.05) is 14.1 Å². The zero-order valence-electron chi connectivity index (χ0n) is 20.6. The summed E-state index contributed by atoms with van der Waals surface area (Å²) in [5.74, 6) is -0.0552. The summed E-state index contributed by atoms with van der Waals surface area (Å²) in [4.78, 5) is 30.3. The van der Waals surface area contributed by atoms with E-state index < -0.39 is 0 Å². The molecule has 6 heteroatoms. The van der Waals surface area contributed by atoms with Gasteiger partial charge >= 0.3 is 12.1 Å². The van der Waals surface area contributed by atoms with Crippen LogP contribution in [-0.2, 0) is 14.3 Å². The van der Waals surface area contributed by atoms with Gasteiger partial charge in [0.25, 0.3) is 0 Å². The number of aromatic nitrogens is 1. The van der Waals surface area contributed by atoms with E-state index in [-0.39, 0.29) is 36.1 Å². The van der Waals surface area contributed by atoms with E-state index in [4.69, 9.17) is 9.47 Å². The van der Waals surface area contributed by atoms with Crippen LogP contribution in [0.15, 0.2) is 60.3 Å². The predicted molar refractivity (Wildman–Crippen MR) is 131 cm³/mol. The van der Waals surface area contributed by atoms with Crippen molar-refractivity contribution in [1.82, 2.24) is 9.88 Å². The summed E-state index contributed by atoms with van der Waals surface area (Å²) in [6.07, 6.45) is 14.5. The highest BCUT2D eigenvalue weighted by Gasteiger charge is 2.23. The summed E-state index contributed by atoms with van der Waals surface area (Å²) >= 11 is 0. The molecular weight excluding hydrogens is 416 g/mol. The van der Waals surface area contributed by atoms with Gasteiger partial charge in [0.15, 0.2) is 0 Å². The molecule has 0 N–H and O–H groups in total. The van der Waals surface area contributed by atoms with Gasteiger partial charge in [0.05, 0.1) is 0 Å². The molecule has 0 saturated carbocycles. The van der Waals surface area contributed by atoms with E-state index in [0.29, 0.717) is 6.42 Å². The van der Waals surface area contributed by atoms with Crippen LogP contribution in [0.4, 0.5) is 4.79 Å². The first-order valence-corrected chi connectivity index (χ1v) is 11.8. The van der Waals surface area contributed by atoms with Crippen LogP contribution in [0.5, 0.6) is 0 Å². The number of amides is 1. The number of rotatable bonds is 5. The summed E-state index contributed by atoms with van der Waals surface area (Å²) in [5, 5.41) is 0. The summed E-state index contributed by atoms with van der Waals surface area (Å²) < 4.78 is 11.5. The molecule has 1 aliphatic rings. The molecule has 2 heterocycles. The van der Waals surface area contributed by atoms with Crippen molar-refractivity contribution in [2.24, 2.45) is 5.92 Å². The maximum Gasteiger partial charge on any atom is 0.409 e. The number of cyclic esters (lactones) is 1. The quantitative estimate of drug-likeness (QED) is 0.318. The second-order valence-electron chi connectivity index (χ2n) is 8.91. The Kier molecular flexibility index (Phi) is 10.9. The Hall–Kier alpha value is -2.89. The molecule has 0 saturated heterocycles. The van der Waals surface area contributed by atoms with Crippen LogP contribution < -0.4 is 0 Å². The molecular formula is C27H38N2O4. The molecule has 0 radical (unpaired) electrons. The van der Waals surface area contributed by atoms with E-state index in [1.165, 1.54) is 4.90 Å². The summed E-state index contributed by atoms with van der Waals surface area (Å²) in [6, 6.07) is 5.89. The number of nitrogens with zero attached hydrogens (tertiary/aromatic N) is 2. The van der Waals surface area contributed by atoms with Crippen molar-refractivity contribution in [3.8, 4) is 0 Å². The van der Waals surface area contributed by atoms with Crippen LogP contribution >= 0.6 is 0 Å². The minimum atomic E-state index is -0.381. The van der Waals surface area contributed by atoms with E-state index in [1.54, 1.807) is 20.3 Å². The average molecular weight is 455 g/mol. The second kappa shape index (κ2) is 13.6. The molecule has 1 aliphatic heterocycles. The molecule has 2 rings (SSSR count). The van der Waals surface area contributed by atoms with Gasteiger partial charge in [-0.05, 0) is 50.0 Å². The van der Waals surface area contributed by atoms with Gasteiger partial charge in [-0.1, -0.05) is 50.6 Å². The van der Waals surface area contributed by atoms with E-state index in [2.05, 4.69) is 18.0 Å². The van der Waals surface area contributed by atoms with Gasteiger partial charge in [0.1, 0.15) is 12.2 Å². The maximum atomic E-state index is 12.4. The third-order valence-electron chi connectivity index (χ3n) is 5.71. The van der Waals surface area contributed by atoms with Gasteiger partial charge in [0.2, 0.25) is 0 Å². The van der Waals surface area contributed by atoms with E-state index in [1.807, 2.05) is 56.4 Å².